The summed E-state index contributed by atoms with van der Waals surface area (Å²) in [5.41, 5.74) is 0.496. The molecule has 0 radical (unpaired) electrons. The van der Waals surface area contributed by atoms with E-state index in [1.54, 1.807) is 0 Å². The molecule has 0 amide bonds. The van der Waals surface area contributed by atoms with Crippen LogP contribution in [0.1, 0.15) is 37.8 Å². The minimum Gasteiger partial charge on any atom is -0.310 e. The zero-order valence-corrected chi connectivity index (χ0v) is 9.77. The summed E-state index contributed by atoms with van der Waals surface area (Å²) in [5.74, 6) is -2.98. The van der Waals surface area contributed by atoms with Crippen molar-refractivity contribution in [1.82, 2.24) is 5.32 Å². The van der Waals surface area contributed by atoms with Crippen LogP contribution in [0.25, 0.3) is 0 Å². The van der Waals surface area contributed by atoms with E-state index in [-0.39, 0.29) is 6.04 Å². The van der Waals surface area contributed by atoms with Gasteiger partial charge in [-0.3, -0.25) is 0 Å². The summed E-state index contributed by atoms with van der Waals surface area (Å²) in [4.78, 5) is 0. The lowest BCUT2D eigenvalue weighted by molar-refractivity contribution is 0.433. The molecule has 1 unspecified atom stereocenters. The molecule has 0 bridgehead atoms. The van der Waals surface area contributed by atoms with Crippen LogP contribution in [0.4, 0.5) is 13.2 Å². The molecular formula is C13H16F3N. The third-order valence-electron chi connectivity index (χ3n) is 3.12. The molecule has 1 atom stereocenters. The maximum atomic E-state index is 13.2. The molecule has 17 heavy (non-hydrogen) atoms. The van der Waals surface area contributed by atoms with Crippen molar-refractivity contribution in [2.45, 2.75) is 32.2 Å². The topological polar surface area (TPSA) is 12.0 Å². The van der Waals surface area contributed by atoms with E-state index in [0.29, 0.717) is 11.5 Å². The Labute approximate surface area is 99.0 Å². The molecule has 1 aliphatic carbocycles. The molecule has 0 heterocycles. The Morgan fingerprint density at radius 2 is 1.82 bits per heavy atom. The Hall–Kier alpha value is -1.03. The van der Waals surface area contributed by atoms with Crippen LogP contribution in [0.2, 0.25) is 0 Å². The van der Waals surface area contributed by atoms with Gasteiger partial charge < -0.3 is 5.32 Å². The maximum Gasteiger partial charge on any atom is 0.194 e. The molecule has 1 aliphatic rings. The van der Waals surface area contributed by atoms with Gasteiger partial charge in [0.2, 0.25) is 0 Å². The highest BCUT2D eigenvalue weighted by Gasteiger charge is 2.27. The third kappa shape index (κ3) is 3.00. The van der Waals surface area contributed by atoms with Gasteiger partial charge in [-0.05, 0) is 36.6 Å². The van der Waals surface area contributed by atoms with Gasteiger partial charge in [0.05, 0.1) is 0 Å². The summed E-state index contributed by atoms with van der Waals surface area (Å²) in [6.45, 7) is 2.66. The molecule has 0 aromatic heterocycles. The Balaban J connectivity index is 2.21. The average molecular weight is 243 g/mol. The molecule has 1 fully saturated rings. The van der Waals surface area contributed by atoms with Crippen molar-refractivity contribution in [3.8, 4) is 0 Å². The molecule has 0 spiro atoms. The minimum absolute atomic E-state index is 0.0860. The van der Waals surface area contributed by atoms with Crippen molar-refractivity contribution < 1.29 is 13.2 Å². The normalized spacial score (nSPS) is 17.2. The lowest BCUT2D eigenvalue weighted by Gasteiger charge is -2.18. The Bertz CT molecular complexity index is 379. The summed E-state index contributed by atoms with van der Waals surface area (Å²) < 4.78 is 39.2. The van der Waals surface area contributed by atoms with Crippen LogP contribution in [0.3, 0.4) is 0 Å². The molecule has 0 aliphatic heterocycles. The standard InChI is InChI=1S/C13H16F3N/c1-2-17-12(5-8-3-4-8)9-6-10(14)13(16)11(15)7-9/h6-8,12,17H,2-5H2,1H3. The monoisotopic (exact) mass is 243 g/mol. The number of benzene rings is 1. The Morgan fingerprint density at radius 1 is 1.24 bits per heavy atom. The summed E-state index contributed by atoms with van der Waals surface area (Å²) >= 11 is 0. The van der Waals surface area contributed by atoms with E-state index in [2.05, 4.69) is 5.32 Å². The lowest BCUT2D eigenvalue weighted by atomic mass is 10.0. The molecule has 1 aromatic rings. The molecule has 1 saturated carbocycles. The number of hydrogen-bond donors (Lipinski definition) is 1. The number of halogens is 3. The van der Waals surface area contributed by atoms with Crippen molar-refractivity contribution in [3.63, 3.8) is 0 Å². The van der Waals surface area contributed by atoms with E-state index < -0.39 is 17.5 Å². The fraction of sp³-hybridized carbons (Fsp3) is 0.538. The largest absolute Gasteiger partial charge is 0.310 e. The van der Waals surface area contributed by atoms with Gasteiger partial charge in [-0.15, -0.1) is 0 Å². The van der Waals surface area contributed by atoms with E-state index in [1.165, 1.54) is 12.8 Å². The number of nitrogens with one attached hydrogen (secondary N) is 1. The molecule has 4 heteroatoms. The predicted octanol–water partition coefficient (Wildman–Crippen LogP) is 3.55. The zero-order chi connectivity index (χ0) is 12.4. The first-order valence-electron chi connectivity index (χ1n) is 5.99. The van der Waals surface area contributed by atoms with Crippen LogP contribution in [0.5, 0.6) is 0 Å². The van der Waals surface area contributed by atoms with Gasteiger partial charge in [-0.2, -0.15) is 0 Å². The summed E-state index contributed by atoms with van der Waals surface area (Å²) in [6, 6.07) is 2.10. The first kappa shape index (κ1) is 12.4. The van der Waals surface area contributed by atoms with Gasteiger partial charge >= 0.3 is 0 Å². The average Bonchev–Trinajstić information content (AvgIpc) is 3.08. The van der Waals surface area contributed by atoms with Gasteiger partial charge in [0.25, 0.3) is 0 Å². The Morgan fingerprint density at radius 3 is 2.29 bits per heavy atom. The van der Waals surface area contributed by atoms with Crippen molar-refractivity contribution in [1.29, 1.82) is 0 Å². The second kappa shape index (κ2) is 5.08. The van der Waals surface area contributed by atoms with Crippen molar-refractivity contribution in [3.05, 3.63) is 35.1 Å². The predicted molar refractivity (Wildman–Crippen MR) is 60.1 cm³/mol. The van der Waals surface area contributed by atoms with Crippen LogP contribution in [-0.4, -0.2) is 6.54 Å². The summed E-state index contributed by atoms with van der Waals surface area (Å²) in [6.07, 6.45) is 3.21. The fourth-order valence-corrected chi connectivity index (χ4v) is 2.05. The zero-order valence-electron chi connectivity index (χ0n) is 9.77. The fourth-order valence-electron chi connectivity index (χ4n) is 2.05. The molecule has 1 aromatic carbocycles. The van der Waals surface area contributed by atoms with Crippen LogP contribution in [-0.2, 0) is 0 Å². The quantitative estimate of drug-likeness (QED) is 0.780. The highest BCUT2D eigenvalue weighted by molar-refractivity contribution is 5.23. The van der Waals surface area contributed by atoms with Gasteiger partial charge in [0.1, 0.15) is 0 Å². The van der Waals surface area contributed by atoms with E-state index in [0.717, 1.165) is 25.1 Å². The van der Waals surface area contributed by atoms with E-state index in [4.69, 9.17) is 0 Å². The summed E-state index contributed by atoms with van der Waals surface area (Å²) in [7, 11) is 0. The molecule has 2 rings (SSSR count). The van der Waals surface area contributed by atoms with Crippen molar-refractivity contribution >= 4 is 0 Å². The first-order chi connectivity index (χ1) is 8.11. The number of rotatable bonds is 5. The second-order valence-corrected chi connectivity index (χ2v) is 4.59. The molecule has 1 N–H and O–H groups in total. The third-order valence-corrected chi connectivity index (χ3v) is 3.12. The molecule has 0 saturated heterocycles. The maximum absolute atomic E-state index is 13.2. The van der Waals surface area contributed by atoms with E-state index in [9.17, 15) is 13.2 Å². The van der Waals surface area contributed by atoms with Crippen LogP contribution >= 0.6 is 0 Å². The van der Waals surface area contributed by atoms with Gasteiger partial charge in [0, 0.05) is 6.04 Å². The number of hydrogen-bond acceptors (Lipinski definition) is 1. The van der Waals surface area contributed by atoms with Gasteiger partial charge in [0.15, 0.2) is 17.5 Å². The molecular weight excluding hydrogens is 227 g/mol. The smallest absolute Gasteiger partial charge is 0.194 e. The lowest BCUT2D eigenvalue weighted by Crippen LogP contribution is -2.22. The van der Waals surface area contributed by atoms with Crippen LogP contribution < -0.4 is 5.32 Å². The first-order valence-corrected chi connectivity index (χ1v) is 5.99. The van der Waals surface area contributed by atoms with E-state index in [1.807, 2.05) is 6.92 Å². The van der Waals surface area contributed by atoms with Crippen molar-refractivity contribution in [2.75, 3.05) is 6.54 Å². The summed E-state index contributed by atoms with van der Waals surface area (Å²) in [5, 5.41) is 3.19. The Kier molecular flexibility index (Phi) is 3.72. The highest BCUT2D eigenvalue weighted by Crippen LogP contribution is 2.38. The molecule has 1 nitrogen and oxygen atoms in total. The van der Waals surface area contributed by atoms with E-state index >= 15 is 0 Å². The van der Waals surface area contributed by atoms with Crippen LogP contribution in [0, 0.1) is 23.4 Å². The molecule has 94 valence electrons. The van der Waals surface area contributed by atoms with Crippen molar-refractivity contribution in [2.24, 2.45) is 5.92 Å². The minimum atomic E-state index is -1.39. The van der Waals surface area contributed by atoms with Crippen LogP contribution in [0.15, 0.2) is 12.1 Å². The van der Waals surface area contributed by atoms with Gasteiger partial charge in [-0.25, -0.2) is 13.2 Å². The SMILES string of the molecule is CCNC(CC1CC1)c1cc(F)c(F)c(F)c1. The second-order valence-electron chi connectivity index (χ2n) is 4.59. The van der Waals surface area contributed by atoms with Gasteiger partial charge in [-0.1, -0.05) is 19.8 Å². The highest BCUT2D eigenvalue weighted by atomic mass is 19.2.